The Balaban J connectivity index is 1.11. The van der Waals surface area contributed by atoms with Crippen molar-refractivity contribution in [1.82, 2.24) is 0 Å². The quantitative estimate of drug-likeness (QED) is 0.170. The maximum absolute atomic E-state index is 6.21. The molecule has 0 saturated heterocycles. The molecule has 11 rings (SSSR count). The Hall–Kier alpha value is -6.94. The Morgan fingerprint density at radius 3 is 1.95 bits per heavy atom. The van der Waals surface area contributed by atoms with Crippen LogP contribution in [0.25, 0.3) is 86.3 Å². The van der Waals surface area contributed by atoms with Crippen LogP contribution >= 0.6 is 11.3 Å². The third-order valence-corrected chi connectivity index (χ3v) is 12.1. The zero-order valence-corrected chi connectivity index (χ0v) is 30.6. The van der Waals surface area contributed by atoms with Crippen LogP contribution in [0, 0.1) is 0 Å². The van der Waals surface area contributed by atoms with E-state index in [9.17, 15) is 0 Å². The van der Waals surface area contributed by atoms with E-state index in [1.54, 1.807) is 0 Å². The number of para-hydroxylation sites is 1. The van der Waals surface area contributed by atoms with Crippen LogP contribution in [0.2, 0.25) is 0 Å². The van der Waals surface area contributed by atoms with E-state index in [1.165, 1.54) is 58.8 Å². The lowest BCUT2D eigenvalue weighted by Crippen LogP contribution is -2.10. The topological polar surface area (TPSA) is 16.4 Å². The minimum Gasteiger partial charge on any atom is -0.456 e. The lowest BCUT2D eigenvalue weighted by atomic mass is 9.92. The van der Waals surface area contributed by atoms with Crippen molar-refractivity contribution in [2.75, 3.05) is 4.90 Å². The Morgan fingerprint density at radius 1 is 0.364 bits per heavy atom. The van der Waals surface area contributed by atoms with Gasteiger partial charge in [0.2, 0.25) is 0 Å². The highest BCUT2D eigenvalue weighted by atomic mass is 32.1. The summed E-state index contributed by atoms with van der Waals surface area (Å²) < 4.78 is 8.77. The van der Waals surface area contributed by atoms with Gasteiger partial charge >= 0.3 is 0 Å². The summed E-state index contributed by atoms with van der Waals surface area (Å²) >= 11 is 1.86. The van der Waals surface area contributed by atoms with Gasteiger partial charge in [-0.2, -0.15) is 0 Å². The van der Waals surface area contributed by atoms with E-state index < -0.39 is 0 Å². The van der Waals surface area contributed by atoms with Crippen LogP contribution < -0.4 is 4.90 Å². The molecule has 0 amide bonds. The normalized spacial score (nSPS) is 11.6. The van der Waals surface area contributed by atoms with Crippen molar-refractivity contribution in [3.05, 3.63) is 200 Å². The molecular formula is C52H33NOS. The lowest BCUT2D eigenvalue weighted by molar-refractivity contribution is 0.669. The number of nitrogens with zero attached hydrogens (tertiary/aromatic N) is 1. The minimum absolute atomic E-state index is 0.901. The lowest BCUT2D eigenvalue weighted by Gasteiger charge is -2.27. The van der Waals surface area contributed by atoms with Crippen molar-refractivity contribution >= 4 is 81.3 Å². The number of thiophene rings is 1. The van der Waals surface area contributed by atoms with Gasteiger partial charge in [0.15, 0.2) is 0 Å². The van der Waals surface area contributed by atoms with Gasteiger partial charge < -0.3 is 9.32 Å². The van der Waals surface area contributed by atoms with Gasteiger partial charge in [0.05, 0.1) is 10.4 Å². The van der Waals surface area contributed by atoms with Gasteiger partial charge in [-0.25, -0.2) is 0 Å². The molecule has 0 bridgehead atoms. The molecule has 0 aliphatic rings. The van der Waals surface area contributed by atoms with Crippen LogP contribution in [0.1, 0.15) is 0 Å². The highest BCUT2D eigenvalue weighted by Crippen LogP contribution is 2.47. The molecule has 2 heterocycles. The second-order valence-electron chi connectivity index (χ2n) is 14.1. The Kier molecular flexibility index (Phi) is 7.39. The molecular weight excluding hydrogens is 687 g/mol. The second-order valence-corrected chi connectivity index (χ2v) is 15.2. The van der Waals surface area contributed by atoms with Crippen LogP contribution in [0.15, 0.2) is 205 Å². The molecule has 11 aromatic rings. The van der Waals surface area contributed by atoms with E-state index in [0.29, 0.717) is 0 Å². The van der Waals surface area contributed by atoms with Crippen LogP contribution in [0.3, 0.4) is 0 Å². The average Bonchev–Trinajstić information content (AvgIpc) is 3.83. The number of hydrogen-bond donors (Lipinski definition) is 0. The van der Waals surface area contributed by atoms with E-state index in [4.69, 9.17) is 4.42 Å². The first-order valence-corrected chi connectivity index (χ1v) is 19.5. The van der Waals surface area contributed by atoms with Crippen molar-refractivity contribution in [3.8, 4) is 33.4 Å². The van der Waals surface area contributed by atoms with Crippen molar-refractivity contribution < 1.29 is 4.42 Å². The molecule has 0 N–H and O–H groups in total. The number of furan rings is 1. The molecule has 9 aromatic carbocycles. The van der Waals surface area contributed by atoms with Crippen LogP contribution in [-0.4, -0.2) is 0 Å². The smallest absolute Gasteiger partial charge is 0.135 e. The number of rotatable bonds is 6. The fraction of sp³-hybridized carbons (Fsp3) is 0. The van der Waals surface area contributed by atoms with E-state index in [0.717, 1.165) is 44.6 Å². The molecule has 2 aromatic heterocycles. The van der Waals surface area contributed by atoms with Crippen molar-refractivity contribution in [3.63, 3.8) is 0 Å². The number of benzene rings is 9. The van der Waals surface area contributed by atoms with Gasteiger partial charge in [0.25, 0.3) is 0 Å². The summed E-state index contributed by atoms with van der Waals surface area (Å²) in [6, 6.07) is 72.4. The summed E-state index contributed by atoms with van der Waals surface area (Å²) in [5, 5.41) is 7.32. The van der Waals surface area contributed by atoms with E-state index >= 15 is 0 Å². The monoisotopic (exact) mass is 719 g/mol. The fourth-order valence-corrected chi connectivity index (χ4v) is 9.39. The molecule has 0 saturated carbocycles. The molecule has 0 radical (unpaired) electrons. The summed E-state index contributed by atoms with van der Waals surface area (Å²) in [7, 11) is 0. The summed E-state index contributed by atoms with van der Waals surface area (Å²) in [5.41, 5.74) is 12.2. The fourth-order valence-electron chi connectivity index (χ4n) is 8.18. The molecule has 3 heteroatoms. The first kappa shape index (κ1) is 31.6. The molecule has 2 nitrogen and oxygen atoms in total. The zero-order chi connectivity index (χ0) is 36.3. The first-order valence-electron chi connectivity index (χ1n) is 18.7. The van der Waals surface area contributed by atoms with Gasteiger partial charge in [0, 0.05) is 37.6 Å². The van der Waals surface area contributed by atoms with Gasteiger partial charge in [-0.3, -0.25) is 0 Å². The maximum atomic E-state index is 6.21. The molecule has 0 fully saturated rings. The second kappa shape index (κ2) is 12.9. The molecule has 55 heavy (non-hydrogen) atoms. The molecule has 0 atom stereocenters. The zero-order valence-electron chi connectivity index (χ0n) is 29.8. The predicted octanol–water partition coefficient (Wildman–Crippen LogP) is 15.6. The Bertz CT molecular complexity index is 3210. The third-order valence-electron chi connectivity index (χ3n) is 10.9. The van der Waals surface area contributed by atoms with Crippen molar-refractivity contribution in [1.29, 1.82) is 0 Å². The number of anilines is 3. The van der Waals surface area contributed by atoms with Crippen LogP contribution in [-0.2, 0) is 0 Å². The SMILES string of the molecule is c1ccc(-c2cc(N(c3ccc(-c4ccc5ccccc5c4)cc3)c3cccc4c3sc3ccccc34)ccc2-c2ccc3oc4ccccc4c3c2)cc1. The minimum atomic E-state index is 0.901. The van der Waals surface area contributed by atoms with Crippen molar-refractivity contribution in [2.45, 2.75) is 0 Å². The van der Waals surface area contributed by atoms with E-state index in [2.05, 4.69) is 193 Å². The van der Waals surface area contributed by atoms with Crippen LogP contribution in [0.5, 0.6) is 0 Å². The van der Waals surface area contributed by atoms with Gasteiger partial charge in [-0.05, 0) is 105 Å². The predicted molar refractivity (Wildman–Crippen MR) is 235 cm³/mol. The number of fused-ring (bicyclic) bond motifs is 7. The van der Waals surface area contributed by atoms with Gasteiger partial charge in [0.1, 0.15) is 11.2 Å². The molecule has 0 aliphatic heterocycles. The molecule has 0 spiro atoms. The van der Waals surface area contributed by atoms with Gasteiger partial charge in [-0.15, -0.1) is 11.3 Å². The third kappa shape index (κ3) is 5.40. The molecule has 0 aliphatic carbocycles. The maximum Gasteiger partial charge on any atom is 0.135 e. The largest absolute Gasteiger partial charge is 0.456 e. The number of hydrogen-bond acceptors (Lipinski definition) is 3. The van der Waals surface area contributed by atoms with Gasteiger partial charge in [-0.1, -0.05) is 140 Å². The highest BCUT2D eigenvalue weighted by Gasteiger charge is 2.21. The summed E-state index contributed by atoms with van der Waals surface area (Å²) in [5.74, 6) is 0. The summed E-state index contributed by atoms with van der Waals surface area (Å²) in [6.07, 6.45) is 0. The Morgan fingerprint density at radius 2 is 1.05 bits per heavy atom. The van der Waals surface area contributed by atoms with E-state index in [1.807, 2.05) is 23.5 Å². The highest BCUT2D eigenvalue weighted by molar-refractivity contribution is 7.26. The van der Waals surface area contributed by atoms with E-state index in [-0.39, 0.29) is 0 Å². The summed E-state index contributed by atoms with van der Waals surface area (Å²) in [6.45, 7) is 0. The standard InChI is InChI=1S/C52H33NOS/c1-2-12-36(13-3-1)46-33-41(28-29-42(46)39-25-30-50-47(32-39)43-15-6-8-19-49(43)54-50)53(48-18-10-17-45-44-16-7-9-20-51(44)55-52(45)48)40-26-23-35(24-27-40)38-22-21-34-11-4-5-14-37(34)31-38/h1-33H. The van der Waals surface area contributed by atoms with Crippen molar-refractivity contribution in [2.24, 2.45) is 0 Å². The first-order chi connectivity index (χ1) is 27.2. The molecule has 258 valence electrons. The van der Waals surface area contributed by atoms with Crippen LogP contribution in [0.4, 0.5) is 17.1 Å². The summed E-state index contributed by atoms with van der Waals surface area (Å²) in [4.78, 5) is 2.44. The average molecular weight is 720 g/mol. The molecule has 0 unspecified atom stereocenters. The Labute approximate surface area is 322 Å².